The molecule has 1 heteroatoms. The van der Waals surface area contributed by atoms with Gasteiger partial charge in [-0.25, -0.2) is 0 Å². The number of allylic oxidation sites excluding steroid dienone is 2. The Balaban J connectivity index is 2.39. The zero-order valence-corrected chi connectivity index (χ0v) is 9.49. The van der Waals surface area contributed by atoms with Crippen LogP contribution < -0.4 is 4.74 Å². The van der Waals surface area contributed by atoms with Gasteiger partial charge in [-0.2, -0.15) is 0 Å². The molecule has 80 valence electrons. The first-order valence-electron chi connectivity index (χ1n) is 5.66. The molecule has 0 amide bonds. The van der Waals surface area contributed by atoms with E-state index in [0.717, 1.165) is 5.75 Å². The van der Waals surface area contributed by atoms with Crippen LogP contribution in [0.5, 0.6) is 5.75 Å². The van der Waals surface area contributed by atoms with Crippen LogP contribution in [0.15, 0.2) is 30.3 Å². The minimum Gasteiger partial charge on any atom is -0.496 e. The van der Waals surface area contributed by atoms with E-state index in [2.05, 4.69) is 25.1 Å². The third kappa shape index (κ3) is 2.06. The van der Waals surface area contributed by atoms with Gasteiger partial charge in [0.2, 0.25) is 0 Å². The quantitative estimate of drug-likeness (QED) is 0.706. The highest BCUT2D eigenvalue weighted by atomic mass is 16.5. The number of methoxy groups -OCH3 is 1. The third-order valence-electron chi connectivity index (χ3n) is 3.15. The summed E-state index contributed by atoms with van der Waals surface area (Å²) in [5.74, 6) is 1.66. The van der Waals surface area contributed by atoms with Crippen LogP contribution in [0.4, 0.5) is 0 Å². The minimum absolute atomic E-state index is 0.662. The fourth-order valence-corrected chi connectivity index (χ4v) is 2.30. The molecule has 1 aromatic rings. The average molecular weight is 202 g/mol. The second kappa shape index (κ2) is 4.52. The Bertz CT molecular complexity index is 365. The summed E-state index contributed by atoms with van der Waals surface area (Å²) in [6.45, 7) is 2.30. The molecule has 1 aromatic carbocycles. The van der Waals surface area contributed by atoms with Crippen LogP contribution in [-0.4, -0.2) is 7.11 Å². The van der Waals surface area contributed by atoms with Crippen molar-refractivity contribution in [3.05, 3.63) is 35.9 Å². The highest BCUT2D eigenvalue weighted by molar-refractivity contribution is 5.72. The van der Waals surface area contributed by atoms with Crippen LogP contribution >= 0.6 is 0 Å². The molecule has 0 bridgehead atoms. The summed E-state index contributed by atoms with van der Waals surface area (Å²) in [7, 11) is 1.74. The summed E-state index contributed by atoms with van der Waals surface area (Å²) in [5, 5.41) is 0. The van der Waals surface area contributed by atoms with Crippen molar-refractivity contribution in [2.45, 2.75) is 26.2 Å². The zero-order valence-electron chi connectivity index (χ0n) is 9.49. The van der Waals surface area contributed by atoms with E-state index in [0.29, 0.717) is 5.92 Å². The van der Waals surface area contributed by atoms with Crippen LogP contribution in [0.3, 0.4) is 0 Å². The molecule has 1 atom stereocenters. The Kier molecular flexibility index (Phi) is 3.10. The van der Waals surface area contributed by atoms with Gasteiger partial charge in [0.1, 0.15) is 5.75 Å². The lowest BCUT2D eigenvalue weighted by Gasteiger charge is -2.22. The van der Waals surface area contributed by atoms with Gasteiger partial charge in [-0.15, -0.1) is 0 Å². The van der Waals surface area contributed by atoms with Gasteiger partial charge in [0.05, 0.1) is 7.11 Å². The van der Waals surface area contributed by atoms with Gasteiger partial charge < -0.3 is 4.74 Å². The maximum Gasteiger partial charge on any atom is 0.126 e. The molecule has 1 aliphatic carbocycles. The van der Waals surface area contributed by atoms with E-state index in [9.17, 15) is 0 Å². The smallest absolute Gasteiger partial charge is 0.126 e. The molecule has 0 heterocycles. The lowest BCUT2D eigenvalue weighted by atomic mass is 9.85. The Labute approximate surface area is 91.8 Å². The minimum atomic E-state index is 0.662. The van der Waals surface area contributed by atoms with E-state index < -0.39 is 0 Å². The second-order valence-corrected chi connectivity index (χ2v) is 4.19. The number of ether oxygens (including phenoxy) is 1. The van der Waals surface area contributed by atoms with Gasteiger partial charge in [-0.1, -0.05) is 31.2 Å². The van der Waals surface area contributed by atoms with Gasteiger partial charge in [-0.05, 0) is 36.8 Å². The maximum atomic E-state index is 5.41. The molecule has 1 aliphatic rings. The molecular weight excluding hydrogens is 184 g/mol. The lowest BCUT2D eigenvalue weighted by molar-refractivity contribution is 0.412. The van der Waals surface area contributed by atoms with Crippen molar-refractivity contribution in [2.24, 2.45) is 5.92 Å². The monoisotopic (exact) mass is 202 g/mol. The van der Waals surface area contributed by atoms with Crippen molar-refractivity contribution in [1.29, 1.82) is 0 Å². The topological polar surface area (TPSA) is 9.23 Å². The van der Waals surface area contributed by atoms with Crippen molar-refractivity contribution in [2.75, 3.05) is 7.11 Å². The second-order valence-electron chi connectivity index (χ2n) is 4.19. The van der Waals surface area contributed by atoms with Gasteiger partial charge in [0.25, 0.3) is 0 Å². The van der Waals surface area contributed by atoms with Crippen LogP contribution in [0, 0.1) is 5.92 Å². The average Bonchev–Trinajstić information content (AvgIpc) is 2.30. The fraction of sp³-hybridized carbons (Fsp3) is 0.429. The van der Waals surface area contributed by atoms with Crippen molar-refractivity contribution in [3.8, 4) is 5.75 Å². The molecule has 0 aromatic heterocycles. The molecular formula is C14H18O. The van der Waals surface area contributed by atoms with Gasteiger partial charge in [0.15, 0.2) is 0 Å². The Morgan fingerprint density at radius 3 is 2.80 bits per heavy atom. The molecule has 0 radical (unpaired) electrons. The standard InChI is InChI=1S/C14H18O/c1-11-7-3-4-8-12(11)13-9-5-6-10-14(13)15-2/h5-6,8-11H,3-4,7H2,1-2H3. The summed E-state index contributed by atoms with van der Waals surface area (Å²) >= 11 is 0. The number of rotatable bonds is 2. The SMILES string of the molecule is COc1ccccc1C1=CCCCC1C. The third-order valence-corrected chi connectivity index (χ3v) is 3.15. The van der Waals surface area contributed by atoms with E-state index in [1.54, 1.807) is 7.11 Å². The molecule has 2 rings (SSSR count). The predicted molar refractivity (Wildman–Crippen MR) is 64.0 cm³/mol. The number of hydrogen-bond acceptors (Lipinski definition) is 1. The van der Waals surface area contributed by atoms with E-state index in [-0.39, 0.29) is 0 Å². The predicted octanol–water partition coefficient (Wildman–Crippen LogP) is 3.90. The summed E-state index contributed by atoms with van der Waals surface area (Å²) in [4.78, 5) is 0. The molecule has 0 fully saturated rings. The number of para-hydroxylation sites is 1. The number of hydrogen-bond donors (Lipinski definition) is 0. The van der Waals surface area contributed by atoms with Crippen LogP contribution in [0.2, 0.25) is 0 Å². The van der Waals surface area contributed by atoms with Crippen LogP contribution in [0.1, 0.15) is 31.7 Å². The first kappa shape index (κ1) is 10.3. The zero-order chi connectivity index (χ0) is 10.7. The van der Waals surface area contributed by atoms with Crippen molar-refractivity contribution in [1.82, 2.24) is 0 Å². The highest BCUT2D eigenvalue weighted by Crippen LogP contribution is 2.36. The fourth-order valence-electron chi connectivity index (χ4n) is 2.30. The molecule has 1 nitrogen and oxygen atoms in total. The van der Waals surface area contributed by atoms with E-state index in [1.807, 2.05) is 12.1 Å². The van der Waals surface area contributed by atoms with E-state index >= 15 is 0 Å². The van der Waals surface area contributed by atoms with Gasteiger partial charge >= 0.3 is 0 Å². The lowest BCUT2D eigenvalue weighted by Crippen LogP contribution is -2.04. The molecule has 1 unspecified atom stereocenters. The van der Waals surface area contributed by atoms with E-state index in [4.69, 9.17) is 4.74 Å². The summed E-state index contributed by atoms with van der Waals surface area (Å²) < 4.78 is 5.41. The largest absolute Gasteiger partial charge is 0.496 e. The normalized spacial score (nSPS) is 20.9. The van der Waals surface area contributed by atoms with Crippen molar-refractivity contribution >= 4 is 5.57 Å². The molecule has 0 saturated heterocycles. The Hall–Kier alpha value is -1.24. The molecule has 0 spiro atoms. The van der Waals surface area contributed by atoms with Crippen LogP contribution in [-0.2, 0) is 0 Å². The molecule has 0 aliphatic heterocycles. The Morgan fingerprint density at radius 1 is 1.27 bits per heavy atom. The molecule has 15 heavy (non-hydrogen) atoms. The van der Waals surface area contributed by atoms with Crippen molar-refractivity contribution in [3.63, 3.8) is 0 Å². The first-order chi connectivity index (χ1) is 7.33. The number of benzene rings is 1. The summed E-state index contributed by atoms with van der Waals surface area (Å²) in [6.07, 6.45) is 6.19. The summed E-state index contributed by atoms with van der Waals surface area (Å²) in [5.41, 5.74) is 2.73. The Morgan fingerprint density at radius 2 is 2.07 bits per heavy atom. The van der Waals surface area contributed by atoms with Crippen LogP contribution in [0.25, 0.3) is 5.57 Å². The van der Waals surface area contributed by atoms with Gasteiger partial charge in [-0.3, -0.25) is 0 Å². The summed E-state index contributed by atoms with van der Waals surface area (Å²) in [6, 6.07) is 8.31. The highest BCUT2D eigenvalue weighted by Gasteiger charge is 2.17. The van der Waals surface area contributed by atoms with Gasteiger partial charge in [0, 0.05) is 5.56 Å². The van der Waals surface area contributed by atoms with Crippen molar-refractivity contribution < 1.29 is 4.74 Å². The molecule has 0 N–H and O–H groups in total. The van der Waals surface area contributed by atoms with E-state index in [1.165, 1.54) is 30.4 Å². The molecule has 0 saturated carbocycles. The first-order valence-corrected chi connectivity index (χ1v) is 5.66. The maximum absolute atomic E-state index is 5.41.